The molecule has 1 aliphatic rings. The summed E-state index contributed by atoms with van der Waals surface area (Å²) in [6.45, 7) is 11.3. The fourth-order valence-electron chi connectivity index (χ4n) is 4.26. The predicted octanol–water partition coefficient (Wildman–Crippen LogP) is 7.41. The van der Waals surface area contributed by atoms with E-state index in [0.717, 1.165) is 19.3 Å². The van der Waals surface area contributed by atoms with Crippen LogP contribution in [0.5, 0.6) is 0 Å². The highest BCUT2D eigenvalue weighted by Crippen LogP contribution is 2.53. The third-order valence-corrected chi connectivity index (χ3v) is 8.38. The Hall–Kier alpha value is -0.230. The predicted molar refractivity (Wildman–Crippen MR) is 162 cm³/mol. The molecule has 1 rings (SSSR count). The van der Waals surface area contributed by atoms with Crippen molar-refractivity contribution < 1.29 is 41.8 Å². The van der Waals surface area contributed by atoms with Crippen molar-refractivity contribution in [2.24, 2.45) is 5.92 Å². The van der Waals surface area contributed by atoms with E-state index in [-0.39, 0.29) is 25.9 Å². The molecule has 0 aromatic rings. The van der Waals surface area contributed by atoms with Crippen molar-refractivity contribution in [3.63, 3.8) is 0 Å². The monoisotopic (exact) mass is 665 g/mol. The number of phosphoric acid groups is 1. The minimum absolute atomic E-state index is 0.000416. The SMILES string of the molecule is C=CCOP(=O)(OCC=C)O[C@H]1[C@H](OCC[C@@H](CCCCCCC)OC)[C@@H](C)C(OC(=N)C(Cl)(Cl)Cl)O[C@@H]1COC. The van der Waals surface area contributed by atoms with Crippen LogP contribution in [0.15, 0.2) is 25.3 Å². The minimum atomic E-state index is -4.13. The van der Waals surface area contributed by atoms with Crippen molar-refractivity contribution in [1.29, 1.82) is 5.41 Å². The first-order valence-electron chi connectivity index (χ1n) is 13.9. The number of unbranched alkanes of at least 4 members (excludes halogenated alkanes) is 4. The summed E-state index contributed by atoms with van der Waals surface area (Å²) < 4.78 is 57.4. The quantitative estimate of drug-likeness (QED) is 0.0315. The number of rotatable bonds is 22. The van der Waals surface area contributed by atoms with Crippen LogP contribution in [0.25, 0.3) is 0 Å². The number of methoxy groups -OCH3 is 2. The third kappa shape index (κ3) is 14.4. The molecule has 0 aliphatic carbocycles. The molecule has 1 heterocycles. The molecule has 41 heavy (non-hydrogen) atoms. The van der Waals surface area contributed by atoms with Crippen molar-refractivity contribution in [3.05, 3.63) is 25.3 Å². The topological polar surface area (TPSA) is 115 Å². The zero-order chi connectivity index (χ0) is 30.9. The number of phosphoric ester groups is 1. The van der Waals surface area contributed by atoms with Gasteiger partial charge in [-0.2, -0.15) is 0 Å². The third-order valence-electron chi connectivity index (χ3n) is 6.43. The second-order valence-electron chi connectivity index (χ2n) is 9.67. The Labute approximate surface area is 260 Å². The van der Waals surface area contributed by atoms with E-state index in [1.807, 2.05) is 0 Å². The molecule has 0 spiro atoms. The van der Waals surface area contributed by atoms with Gasteiger partial charge in [0.2, 0.25) is 12.2 Å². The summed E-state index contributed by atoms with van der Waals surface area (Å²) in [5.74, 6) is -1.20. The molecule has 0 saturated carbocycles. The molecule has 1 aliphatic heterocycles. The maximum atomic E-state index is 13.6. The molecular formula is C27H47Cl3NO9P. The van der Waals surface area contributed by atoms with Gasteiger partial charge in [0.15, 0.2) is 0 Å². The summed E-state index contributed by atoms with van der Waals surface area (Å²) >= 11 is 17.5. The van der Waals surface area contributed by atoms with Gasteiger partial charge in [-0.3, -0.25) is 19.0 Å². The van der Waals surface area contributed by atoms with Gasteiger partial charge in [-0.1, -0.05) is 92.9 Å². The fourth-order valence-corrected chi connectivity index (χ4v) is 5.72. The van der Waals surface area contributed by atoms with Crippen LogP contribution in [0, 0.1) is 11.3 Å². The van der Waals surface area contributed by atoms with Crippen LogP contribution >= 0.6 is 42.6 Å². The molecule has 0 bridgehead atoms. The van der Waals surface area contributed by atoms with Crippen LogP contribution in [-0.4, -0.2) is 81.0 Å². The van der Waals surface area contributed by atoms with Crippen molar-refractivity contribution >= 4 is 48.5 Å². The summed E-state index contributed by atoms with van der Waals surface area (Å²) in [5.41, 5.74) is 0. The Morgan fingerprint density at radius 2 is 1.68 bits per heavy atom. The first-order chi connectivity index (χ1) is 19.5. The van der Waals surface area contributed by atoms with Gasteiger partial charge in [0.1, 0.15) is 12.2 Å². The molecule has 240 valence electrons. The lowest BCUT2D eigenvalue weighted by atomic mass is 9.92. The van der Waals surface area contributed by atoms with Crippen molar-refractivity contribution in [2.75, 3.05) is 40.6 Å². The summed E-state index contributed by atoms with van der Waals surface area (Å²) in [7, 11) is -0.973. The number of ether oxygens (including phenoxy) is 5. The maximum absolute atomic E-state index is 13.6. The number of hydrogen-bond acceptors (Lipinski definition) is 10. The molecule has 14 heteroatoms. The molecule has 0 aromatic heterocycles. The van der Waals surface area contributed by atoms with Gasteiger partial charge >= 0.3 is 7.82 Å². The van der Waals surface area contributed by atoms with E-state index in [9.17, 15) is 4.57 Å². The fraction of sp³-hybridized carbons (Fsp3) is 0.815. The lowest BCUT2D eigenvalue weighted by Crippen LogP contribution is -2.58. The molecule has 0 radical (unpaired) electrons. The Bertz CT molecular complexity index is 801. The van der Waals surface area contributed by atoms with Gasteiger partial charge in [-0.15, -0.1) is 13.2 Å². The van der Waals surface area contributed by atoms with Crippen LogP contribution in [0.3, 0.4) is 0 Å². The zero-order valence-corrected chi connectivity index (χ0v) is 27.7. The summed E-state index contributed by atoms with van der Waals surface area (Å²) in [4.78, 5) is 0. The van der Waals surface area contributed by atoms with E-state index in [1.165, 1.54) is 38.5 Å². The van der Waals surface area contributed by atoms with Gasteiger partial charge in [0.25, 0.3) is 3.79 Å². The van der Waals surface area contributed by atoms with Gasteiger partial charge in [-0.05, 0) is 12.8 Å². The van der Waals surface area contributed by atoms with Gasteiger partial charge in [0.05, 0.1) is 32.0 Å². The van der Waals surface area contributed by atoms with Crippen LogP contribution in [0.4, 0.5) is 0 Å². The highest BCUT2D eigenvalue weighted by Gasteiger charge is 2.51. The largest absolute Gasteiger partial charge is 0.475 e. The molecule has 0 amide bonds. The summed E-state index contributed by atoms with van der Waals surface area (Å²) in [5, 5.41) is 8.05. The van der Waals surface area contributed by atoms with Gasteiger partial charge < -0.3 is 23.7 Å². The molecule has 1 N–H and O–H groups in total. The average molecular weight is 667 g/mol. The smallest absolute Gasteiger partial charge is 0.448 e. The summed E-state index contributed by atoms with van der Waals surface area (Å²) in [6.07, 6.45) is 6.51. The van der Waals surface area contributed by atoms with Crippen LogP contribution in [0.1, 0.15) is 58.8 Å². The van der Waals surface area contributed by atoms with Crippen molar-refractivity contribution in [3.8, 4) is 0 Å². The van der Waals surface area contributed by atoms with Crippen LogP contribution < -0.4 is 0 Å². The van der Waals surface area contributed by atoms with Crippen molar-refractivity contribution in [2.45, 2.75) is 93.3 Å². The normalized spacial score (nSPS) is 24.1. The molecule has 10 nitrogen and oxygen atoms in total. The highest BCUT2D eigenvalue weighted by molar-refractivity contribution is 7.48. The Kier molecular flexibility index (Phi) is 19.6. The first-order valence-corrected chi connectivity index (χ1v) is 16.5. The van der Waals surface area contributed by atoms with E-state index in [2.05, 4.69) is 20.1 Å². The lowest BCUT2D eigenvalue weighted by Gasteiger charge is -2.45. The second-order valence-corrected chi connectivity index (χ2v) is 13.6. The first kappa shape index (κ1) is 38.8. The second kappa shape index (κ2) is 20.7. The van der Waals surface area contributed by atoms with Gasteiger partial charge in [-0.25, -0.2) is 4.57 Å². The molecule has 1 saturated heterocycles. The Morgan fingerprint density at radius 3 is 2.22 bits per heavy atom. The lowest BCUT2D eigenvalue weighted by molar-refractivity contribution is -0.268. The molecular weight excluding hydrogens is 620 g/mol. The Morgan fingerprint density at radius 1 is 1.05 bits per heavy atom. The number of alkyl halides is 3. The van der Waals surface area contributed by atoms with Crippen molar-refractivity contribution in [1.82, 2.24) is 0 Å². The minimum Gasteiger partial charge on any atom is -0.448 e. The molecule has 0 aromatic carbocycles. The average Bonchev–Trinajstić information content (AvgIpc) is 2.93. The maximum Gasteiger partial charge on any atom is 0.475 e. The van der Waals surface area contributed by atoms with Gasteiger partial charge in [0, 0.05) is 26.7 Å². The zero-order valence-electron chi connectivity index (χ0n) is 24.6. The van der Waals surface area contributed by atoms with E-state index in [4.69, 9.17) is 77.5 Å². The van der Waals surface area contributed by atoms with E-state index in [0.29, 0.717) is 13.0 Å². The standard InChI is InChI=1S/C27H47Cl3NO9P/c1-7-10-11-12-13-14-21(34-6)15-18-35-23-20(4)25(39-26(31)27(28,29)30)38-22(19-33-5)24(23)40-41(32,36-16-8-2)37-17-9-3/h8-9,20-25,31H,2-3,7,10-19H2,1,4-6H3/t20-,21-,22-,23-,24-,25?/m1/s1. The molecule has 1 unspecified atom stereocenters. The molecule has 6 atom stereocenters. The summed E-state index contributed by atoms with van der Waals surface area (Å²) in [6, 6.07) is 0. The van der Waals surface area contributed by atoms with E-state index in [1.54, 1.807) is 14.0 Å². The van der Waals surface area contributed by atoms with Crippen LogP contribution in [-0.2, 0) is 41.8 Å². The Balaban J connectivity index is 3.18. The highest BCUT2D eigenvalue weighted by atomic mass is 35.6. The number of halogens is 3. The van der Waals surface area contributed by atoms with E-state index >= 15 is 0 Å². The molecule has 1 fully saturated rings. The number of hydrogen-bond donors (Lipinski definition) is 1. The van der Waals surface area contributed by atoms with E-state index < -0.39 is 48.0 Å². The number of nitrogens with one attached hydrogen (secondary N) is 1. The van der Waals surface area contributed by atoms with Crippen LogP contribution in [0.2, 0.25) is 0 Å².